The molecule has 120 valence electrons. The van der Waals surface area contributed by atoms with E-state index in [1.54, 1.807) is 0 Å². The normalized spacial score (nSPS) is 20.6. The lowest BCUT2D eigenvalue weighted by Crippen LogP contribution is -2.58. The van der Waals surface area contributed by atoms with Gasteiger partial charge in [-0.15, -0.1) is 0 Å². The molecule has 1 amide bonds. The fourth-order valence-corrected chi connectivity index (χ4v) is 2.82. The van der Waals surface area contributed by atoms with E-state index in [-0.39, 0.29) is 11.3 Å². The number of hydrogen-bond donors (Lipinski definition) is 2. The van der Waals surface area contributed by atoms with E-state index in [0.29, 0.717) is 19.3 Å². The predicted molar refractivity (Wildman–Crippen MR) is 84.5 cm³/mol. The lowest BCUT2D eigenvalue weighted by Gasteiger charge is -2.38. The lowest BCUT2D eigenvalue weighted by atomic mass is 9.86. The van der Waals surface area contributed by atoms with E-state index in [1.807, 2.05) is 0 Å². The Morgan fingerprint density at radius 3 is 2.43 bits per heavy atom. The molecule has 0 aromatic carbocycles. The topological polar surface area (TPSA) is 82.2 Å². The highest BCUT2D eigenvalue weighted by molar-refractivity contribution is 5.82. The molecule has 1 heterocycles. The third kappa shape index (κ3) is 5.64. The fourth-order valence-electron chi connectivity index (χ4n) is 2.82. The fraction of sp³-hybridized carbons (Fsp3) is 0.875. The SMILES string of the molecule is CCCN1CCC(C#N)(NC(=O)C(N)CC(C)(C)C)CC1. The van der Waals surface area contributed by atoms with Crippen molar-refractivity contribution in [3.05, 3.63) is 0 Å². The van der Waals surface area contributed by atoms with Crippen LogP contribution in [-0.4, -0.2) is 42.0 Å². The van der Waals surface area contributed by atoms with Crippen LogP contribution < -0.4 is 11.1 Å². The molecule has 0 spiro atoms. The van der Waals surface area contributed by atoms with Crippen LogP contribution in [0.1, 0.15) is 53.4 Å². The Morgan fingerprint density at radius 1 is 1.43 bits per heavy atom. The summed E-state index contributed by atoms with van der Waals surface area (Å²) in [4.78, 5) is 14.6. The molecule has 1 rings (SSSR count). The molecule has 0 aliphatic carbocycles. The van der Waals surface area contributed by atoms with Gasteiger partial charge in [-0.1, -0.05) is 27.7 Å². The van der Waals surface area contributed by atoms with Crippen molar-refractivity contribution in [2.45, 2.75) is 65.0 Å². The number of carbonyl (C=O) groups excluding carboxylic acids is 1. The second-order valence-electron chi connectivity index (χ2n) is 7.40. The molecule has 5 nitrogen and oxygen atoms in total. The first-order valence-corrected chi connectivity index (χ1v) is 7.92. The van der Waals surface area contributed by atoms with Crippen molar-refractivity contribution in [3.8, 4) is 6.07 Å². The molecule has 0 aromatic rings. The Morgan fingerprint density at radius 2 is 2.00 bits per heavy atom. The van der Waals surface area contributed by atoms with Crippen molar-refractivity contribution < 1.29 is 4.79 Å². The summed E-state index contributed by atoms with van der Waals surface area (Å²) in [6.45, 7) is 11.1. The van der Waals surface area contributed by atoms with Crippen LogP contribution in [-0.2, 0) is 4.79 Å². The van der Waals surface area contributed by atoms with Crippen molar-refractivity contribution in [3.63, 3.8) is 0 Å². The Kier molecular flexibility index (Phi) is 6.18. The first-order valence-electron chi connectivity index (χ1n) is 7.92. The summed E-state index contributed by atoms with van der Waals surface area (Å²) in [7, 11) is 0. The molecule has 21 heavy (non-hydrogen) atoms. The number of nitrogens with two attached hydrogens (primary N) is 1. The van der Waals surface area contributed by atoms with E-state index in [4.69, 9.17) is 5.73 Å². The first-order chi connectivity index (χ1) is 9.71. The van der Waals surface area contributed by atoms with E-state index in [0.717, 1.165) is 26.1 Å². The van der Waals surface area contributed by atoms with Gasteiger partial charge >= 0.3 is 0 Å². The molecular formula is C16H30N4O. The number of nitrogens with zero attached hydrogens (tertiary/aromatic N) is 2. The molecular weight excluding hydrogens is 264 g/mol. The third-order valence-corrected chi connectivity index (χ3v) is 3.99. The molecule has 5 heteroatoms. The molecule has 1 aliphatic heterocycles. The summed E-state index contributed by atoms with van der Waals surface area (Å²) in [6, 6.07) is 1.76. The molecule has 1 fully saturated rings. The van der Waals surface area contributed by atoms with Crippen LogP contribution in [0.3, 0.4) is 0 Å². The second-order valence-corrected chi connectivity index (χ2v) is 7.40. The van der Waals surface area contributed by atoms with Gasteiger partial charge in [0.15, 0.2) is 0 Å². The number of hydrogen-bond acceptors (Lipinski definition) is 4. The summed E-state index contributed by atoms with van der Waals surface area (Å²) in [5.41, 5.74) is 5.24. The second kappa shape index (κ2) is 7.24. The standard InChI is InChI=1S/C16H30N4O/c1-5-8-20-9-6-16(12-17,7-10-20)19-14(21)13(18)11-15(2,3)4/h13H,5-11,18H2,1-4H3,(H,19,21). The number of likely N-dealkylation sites (tertiary alicyclic amines) is 1. The molecule has 0 bridgehead atoms. The minimum absolute atomic E-state index is 0.00104. The largest absolute Gasteiger partial charge is 0.336 e. The molecule has 1 unspecified atom stereocenters. The zero-order valence-electron chi connectivity index (χ0n) is 13.9. The van der Waals surface area contributed by atoms with E-state index in [1.165, 1.54) is 0 Å². The Bertz CT molecular complexity index is 386. The van der Waals surface area contributed by atoms with Crippen LogP contribution >= 0.6 is 0 Å². The van der Waals surface area contributed by atoms with Gasteiger partial charge in [-0.05, 0) is 37.6 Å². The lowest BCUT2D eigenvalue weighted by molar-refractivity contribution is -0.124. The van der Waals surface area contributed by atoms with Gasteiger partial charge in [0.2, 0.25) is 5.91 Å². The number of amides is 1. The van der Waals surface area contributed by atoms with E-state index in [9.17, 15) is 10.1 Å². The third-order valence-electron chi connectivity index (χ3n) is 3.99. The highest BCUT2D eigenvalue weighted by atomic mass is 16.2. The average Bonchev–Trinajstić information content (AvgIpc) is 2.39. The monoisotopic (exact) mass is 294 g/mol. The van der Waals surface area contributed by atoms with Crippen LogP contribution in [0.2, 0.25) is 0 Å². The van der Waals surface area contributed by atoms with Crippen molar-refractivity contribution in [2.75, 3.05) is 19.6 Å². The van der Waals surface area contributed by atoms with Gasteiger partial charge in [0.05, 0.1) is 12.1 Å². The molecule has 1 atom stereocenters. The van der Waals surface area contributed by atoms with Crippen molar-refractivity contribution in [2.24, 2.45) is 11.1 Å². The Labute approximate surface area is 128 Å². The van der Waals surface area contributed by atoms with Crippen molar-refractivity contribution in [1.82, 2.24) is 10.2 Å². The number of nitrogens with one attached hydrogen (secondary N) is 1. The van der Waals surface area contributed by atoms with Crippen molar-refractivity contribution >= 4 is 5.91 Å². The summed E-state index contributed by atoms with van der Waals surface area (Å²) < 4.78 is 0. The van der Waals surface area contributed by atoms with Gasteiger partial charge in [0.1, 0.15) is 5.54 Å². The number of piperidine rings is 1. The Hall–Kier alpha value is -1.12. The predicted octanol–water partition coefficient (Wildman–Crippen LogP) is 1.63. The first kappa shape index (κ1) is 17.9. The van der Waals surface area contributed by atoms with Crippen LogP contribution in [0.4, 0.5) is 0 Å². The summed E-state index contributed by atoms with van der Waals surface area (Å²) in [5.74, 6) is -0.199. The van der Waals surface area contributed by atoms with E-state index >= 15 is 0 Å². The van der Waals surface area contributed by atoms with Gasteiger partial charge in [0, 0.05) is 13.1 Å². The van der Waals surface area contributed by atoms with E-state index < -0.39 is 11.6 Å². The van der Waals surface area contributed by atoms with E-state index in [2.05, 4.69) is 44.0 Å². The summed E-state index contributed by atoms with van der Waals surface area (Å²) in [6.07, 6.45) is 3.08. The van der Waals surface area contributed by atoms with Crippen LogP contribution in [0.5, 0.6) is 0 Å². The Balaban J connectivity index is 2.59. The van der Waals surface area contributed by atoms with Crippen molar-refractivity contribution in [1.29, 1.82) is 5.26 Å². The minimum Gasteiger partial charge on any atom is -0.336 e. The minimum atomic E-state index is -0.739. The molecule has 1 saturated heterocycles. The molecule has 1 aliphatic rings. The quantitative estimate of drug-likeness (QED) is 0.807. The zero-order chi connectivity index (χ0) is 16.1. The number of carbonyl (C=O) groups is 1. The summed E-state index contributed by atoms with van der Waals surface area (Å²) in [5, 5.41) is 12.4. The maximum absolute atomic E-state index is 12.3. The molecule has 0 radical (unpaired) electrons. The smallest absolute Gasteiger partial charge is 0.238 e. The summed E-state index contributed by atoms with van der Waals surface area (Å²) >= 11 is 0. The molecule has 0 aromatic heterocycles. The molecule has 0 saturated carbocycles. The van der Waals surface area contributed by atoms with Crippen LogP contribution in [0, 0.1) is 16.7 Å². The van der Waals surface area contributed by atoms with Crippen LogP contribution in [0.25, 0.3) is 0 Å². The maximum Gasteiger partial charge on any atom is 0.238 e. The van der Waals surface area contributed by atoms with Gasteiger partial charge < -0.3 is 16.0 Å². The number of nitriles is 1. The highest BCUT2D eigenvalue weighted by Gasteiger charge is 2.37. The average molecular weight is 294 g/mol. The zero-order valence-corrected chi connectivity index (χ0v) is 13.9. The van der Waals surface area contributed by atoms with Gasteiger partial charge in [-0.25, -0.2) is 0 Å². The van der Waals surface area contributed by atoms with Gasteiger partial charge in [0.25, 0.3) is 0 Å². The van der Waals surface area contributed by atoms with Gasteiger partial charge in [-0.2, -0.15) is 5.26 Å². The maximum atomic E-state index is 12.3. The van der Waals surface area contributed by atoms with Gasteiger partial charge in [-0.3, -0.25) is 4.79 Å². The highest BCUT2D eigenvalue weighted by Crippen LogP contribution is 2.24. The molecule has 3 N–H and O–H groups in total. The van der Waals surface area contributed by atoms with Crippen LogP contribution in [0.15, 0.2) is 0 Å². The number of rotatable bonds is 5.